The maximum Gasteiger partial charge on any atom is 0.228 e. The molecule has 1 aromatic heterocycles. The zero-order valence-electron chi connectivity index (χ0n) is 13.2. The van der Waals surface area contributed by atoms with E-state index in [4.69, 9.17) is 0 Å². The number of amides is 1. The predicted molar refractivity (Wildman–Crippen MR) is 86.8 cm³/mol. The summed E-state index contributed by atoms with van der Waals surface area (Å²) in [6.07, 6.45) is 6.58. The largest absolute Gasteiger partial charge is 0.341 e. The molecular weight excluding hydrogens is 288 g/mol. The molecule has 5 nitrogen and oxygen atoms in total. The Bertz CT molecular complexity index is 664. The van der Waals surface area contributed by atoms with Crippen molar-refractivity contribution in [1.29, 1.82) is 0 Å². The Labute approximate surface area is 136 Å². The third-order valence-electron chi connectivity index (χ3n) is 5.34. The lowest BCUT2D eigenvalue weighted by atomic mass is 9.95. The van der Waals surface area contributed by atoms with Gasteiger partial charge in [-0.3, -0.25) is 9.89 Å². The topological polar surface area (TPSA) is 61.9 Å². The number of aromatic nitrogens is 3. The number of hydrogen-bond acceptors (Lipinski definition) is 3. The summed E-state index contributed by atoms with van der Waals surface area (Å²) < 4.78 is 0. The molecule has 2 aliphatic rings. The molecule has 2 aromatic rings. The molecule has 1 saturated carbocycles. The Morgan fingerprint density at radius 2 is 2.13 bits per heavy atom. The molecule has 1 unspecified atom stereocenters. The quantitative estimate of drug-likeness (QED) is 0.923. The summed E-state index contributed by atoms with van der Waals surface area (Å²) in [5, 5.41) is 6.86. The van der Waals surface area contributed by atoms with Gasteiger partial charge in [0.1, 0.15) is 12.2 Å². The molecular formula is C18H22N4O. The fourth-order valence-electron chi connectivity index (χ4n) is 3.66. The number of aromatic amines is 1. The molecule has 2 heterocycles. The number of H-pyrrole nitrogens is 1. The van der Waals surface area contributed by atoms with Gasteiger partial charge in [-0.1, -0.05) is 30.3 Å². The summed E-state index contributed by atoms with van der Waals surface area (Å²) in [5.41, 5.74) is 1.24. The lowest BCUT2D eigenvalue weighted by molar-refractivity contribution is -0.136. The van der Waals surface area contributed by atoms with Gasteiger partial charge in [-0.25, -0.2) is 4.98 Å². The lowest BCUT2D eigenvalue weighted by Gasteiger charge is -2.23. The molecule has 1 saturated heterocycles. The van der Waals surface area contributed by atoms with Crippen LogP contribution in [0.3, 0.4) is 0 Å². The van der Waals surface area contributed by atoms with Crippen LogP contribution in [-0.4, -0.2) is 39.1 Å². The summed E-state index contributed by atoms with van der Waals surface area (Å²) in [7, 11) is 0. The highest BCUT2D eigenvalue weighted by molar-refractivity contribution is 5.85. The monoisotopic (exact) mass is 310 g/mol. The Balaban J connectivity index is 1.37. The van der Waals surface area contributed by atoms with Crippen LogP contribution in [0.5, 0.6) is 0 Å². The van der Waals surface area contributed by atoms with Gasteiger partial charge in [0.2, 0.25) is 5.91 Å². The molecule has 1 aromatic carbocycles. The van der Waals surface area contributed by atoms with Crippen molar-refractivity contribution in [3.63, 3.8) is 0 Å². The smallest absolute Gasteiger partial charge is 0.228 e. The minimum atomic E-state index is -0.0911. The molecule has 1 N–H and O–H groups in total. The second-order valence-electron chi connectivity index (χ2n) is 6.87. The number of nitrogens with one attached hydrogen (secondary N) is 1. The van der Waals surface area contributed by atoms with Crippen molar-refractivity contribution in [2.24, 2.45) is 5.41 Å². The Morgan fingerprint density at radius 3 is 2.83 bits per heavy atom. The van der Waals surface area contributed by atoms with Gasteiger partial charge in [-0.15, -0.1) is 0 Å². The van der Waals surface area contributed by atoms with Crippen LogP contribution in [0.2, 0.25) is 0 Å². The molecule has 0 radical (unpaired) electrons. The van der Waals surface area contributed by atoms with E-state index in [1.807, 2.05) is 11.0 Å². The molecule has 0 spiro atoms. The van der Waals surface area contributed by atoms with E-state index in [1.54, 1.807) is 6.33 Å². The number of carbonyl (C=O) groups is 1. The highest BCUT2D eigenvalue weighted by Crippen LogP contribution is 2.51. The third-order valence-corrected chi connectivity index (χ3v) is 5.34. The molecule has 23 heavy (non-hydrogen) atoms. The number of benzene rings is 1. The SMILES string of the molecule is O=C(N1CCC(c2ncn[nH]2)C1)C1(CCc2ccccc2)CC1. The van der Waals surface area contributed by atoms with Gasteiger partial charge in [0.15, 0.2) is 0 Å². The van der Waals surface area contributed by atoms with Gasteiger partial charge < -0.3 is 4.90 Å². The Morgan fingerprint density at radius 1 is 1.30 bits per heavy atom. The number of carbonyl (C=O) groups excluding carboxylic acids is 1. The van der Waals surface area contributed by atoms with E-state index in [2.05, 4.69) is 39.4 Å². The zero-order valence-corrected chi connectivity index (χ0v) is 13.2. The van der Waals surface area contributed by atoms with Gasteiger partial charge in [0.25, 0.3) is 0 Å². The minimum absolute atomic E-state index is 0.0911. The van der Waals surface area contributed by atoms with Crippen molar-refractivity contribution < 1.29 is 4.79 Å². The van der Waals surface area contributed by atoms with E-state index < -0.39 is 0 Å². The van der Waals surface area contributed by atoms with Crippen LogP contribution in [0.25, 0.3) is 0 Å². The van der Waals surface area contributed by atoms with E-state index in [9.17, 15) is 4.79 Å². The van der Waals surface area contributed by atoms with Crippen molar-refractivity contribution in [2.75, 3.05) is 13.1 Å². The highest BCUT2D eigenvalue weighted by atomic mass is 16.2. The Kier molecular flexibility index (Phi) is 3.63. The maximum atomic E-state index is 12.9. The van der Waals surface area contributed by atoms with E-state index >= 15 is 0 Å². The average Bonchev–Trinajstić information content (AvgIpc) is 3.01. The fourth-order valence-corrected chi connectivity index (χ4v) is 3.66. The van der Waals surface area contributed by atoms with Crippen molar-refractivity contribution in [2.45, 2.75) is 38.0 Å². The van der Waals surface area contributed by atoms with E-state index in [0.29, 0.717) is 11.8 Å². The van der Waals surface area contributed by atoms with E-state index in [1.165, 1.54) is 5.56 Å². The molecule has 0 bridgehead atoms. The second kappa shape index (κ2) is 5.80. The number of aryl methyl sites for hydroxylation is 1. The number of hydrogen-bond donors (Lipinski definition) is 1. The Hall–Kier alpha value is -2.17. The predicted octanol–water partition coefficient (Wildman–Crippen LogP) is 2.53. The average molecular weight is 310 g/mol. The molecule has 1 aliphatic heterocycles. The van der Waals surface area contributed by atoms with Crippen molar-refractivity contribution in [3.05, 3.63) is 48.0 Å². The van der Waals surface area contributed by atoms with Crippen LogP contribution in [-0.2, 0) is 11.2 Å². The van der Waals surface area contributed by atoms with Crippen molar-refractivity contribution >= 4 is 5.91 Å². The summed E-state index contributed by atoms with van der Waals surface area (Å²) >= 11 is 0. The zero-order chi connectivity index (χ0) is 15.7. The molecule has 5 heteroatoms. The summed E-state index contributed by atoms with van der Waals surface area (Å²) in [5.74, 6) is 1.58. The van der Waals surface area contributed by atoms with Gasteiger partial charge in [0, 0.05) is 24.4 Å². The van der Waals surface area contributed by atoms with Gasteiger partial charge in [0.05, 0.1) is 0 Å². The van der Waals surface area contributed by atoms with Crippen LogP contribution in [0.4, 0.5) is 0 Å². The number of likely N-dealkylation sites (tertiary alicyclic amines) is 1. The van der Waals surface area contributed by atoms with Crippen LogP contribution in [0.15, 0.2) is 36.7 Å². The van der Waals surface area contributed by atoms with E-state index in [0.717, 1.165) is 51.0 Å². The van der Waals surface area contributed by atoms with Crippen LogP contribution in [0.1, 0.15) is 43.0 Å². The van der Waals surface area contributed by atoms with Crippen molar-refractivity contribution in [1.82, 2.24) is 20.1 Å². The van der Waals surface area contributed by atoms with Crippen LogP contribution < -0.4 is 0 Å². The van der Waals surface area contributed by atoms with Crippen LogP contribution in [0, 0.1) is 5.41 Å². The highest BCUT2D eigenvalue weighted by Gasteiger charge is 2.51. The van der Waals surface area contributed by atoms with E-state index in [-0.39, 0.29) is 5.41 Å². The first-order valence-corrected chi connectivity index (χ1v) is 8.45. The molecule has 1 atom stereocenters. The summed E-state index contributed by atoms with van der Waals surface area (Å²) in [6.45, 7) is 1.62. The first-order valence-electron chi connectivity index (χ1n) is 8.45. The minimum Gasteiger partial charge on any atom is -0.341 e. The molecule has 1 amide bonds. The molecule has 4 rings (SSSR count). The summed E-state index contributed by atoms with van der Waals surface area (Å²) in [6, 6.07) is 10.5. The van der Waals surface area contributed by atoms with Gasteiger partial charge in [-0.2, -0.15) is 5.10 Å². The first kappa shape index (κ1) is 14.4. The maximum absolute atomic E-state index is 12.9. The molecule has 1 aliphatic carbocycles. The van der Waals surface area contributed by atoms with Crippen LogP contribution >= 0.6 is 0 Å². The van der Waals surface area contributed by atoms with Gasteiger partial charge >= 0.3 is 0 Å². The second-order valence-corrected chi connectivity index (χ2v) is 6.87. The normalized spacial score (nSPS) is 22.3. The lowest BCUT2D eigenvalue weighted by Crippen LogP contribution is -2.35. The third kappa shape index (κ3) is 2.87. The molecule has 2 fully saturated rings. The fraction of sp³-hybridized carbons (Fsp3) is 0.500. The molecule has 120 valence electrons. The number of nitrogens with zero attached hydrogens (tertiary/aromatic N) is 3. The standard InChI is InChI=1S/C18H22N4O/c23-17(22-11-7-15(12-22)16-19-13-20-21-16)18(9-10-18)8-6-14-4-2-1-3-5-14/h1-5,13,15H,6-12H2,(H,19,20,21). The summed E-state index contributed by atoms with van der Waals surface area (Å²) in [4.78, 5) is 19.2. The first-order chi connectivity index (χ1) is 11.3. The number of rotatable bonds is 5. The van der Waals surface area contributed by atoms with Gasteiger partial charge in [-0.05, 0) is 37.7 Å². The van der Waals surface area contributed by atoms with Crippen molar-refractivity contribution in [3.8, 4) is 0 Å².